The Bertz CT molecular complexity index is 418. The lowest BCUT2D eigenvalue weighted by atomic mass is 9.53. The van der Waals surface area contributed by atoms with Gasteiger partial charge in [0.25, 0.3) is 0 Å². The van der Waals surface area contributed by atoms with Crippen LogP contribution in [0.2, 0.25) is 0 Å². The normalized spacial score (nSPS) is 38.1. The zero-order valence-electron chi connectivity index (χ0n) is 12.3. The van der Waals surface area contributed by atoms with Crippen molar-refractivity contribution in [1.82, 2.24) is 5.32 Å². The van der Waals surface area contributed by atoms with E-state index < -0.39 is 0 Å². The Morgan fingerprint density at radius 3 is 2.05 bits per heavy atom. The van der Waals surface area contributed by atoms with Gasteiger partial charge < -0.3 is 10.6 Å². The van der Waals surface area contributed by atoms with E-state index >= 15 is 0 Å². The first kappa shape index (κ1) is 12.7. The molecule has 2 nitrogen and oxygen atoms in total. The molecule has 2 heteroatoms. The van der Waals surface area contributed by atoms with Crippen molar-refractivity contribution >= 4 is 5.69 Å². The molecule has 0 aromatic heterocycles. The Hall–Kier alpha value is -1.02. The van der Waals surface area contributed by atoms with E-state index in [9.17, 15) is 0 Å². The summed E-state index contributed by atoms with van der Waals surface area (Å²) in [5, 5.41) is 7.45. The molecule has 108 valence electrons. The van der Waals surface area contributed by atoms with Gasteiger partial charge in [-0.15, -0.1) is 0 Å². The van der Waals surface area contributed by atoms with Gasteiger partial charge in [0.1, 0.15) is 0 Å². The maximum atomic E-state index is 3.94. The summed E-state index contributed by atoms with van der Waals surface area (Å²) in [6.45, 7) is 2.13. The van der Waals surface area contributed by atoms with Crippen molar-refractivity contribution in [1.29, 1.82) is 0 Å². The molecule has 1 aromatic carbocycles. The molecular weight excluding hydrogens is 244 g/mol. The van der Waals surface area contributed by atoms with Gasteiger partial charge in [-0.05, 0) is 68.4 Å². The van der Waals surface area contributed by atoms with Crippen LogP contribution >= 0.6 is 0 Å². The van der Waals surface area contributed by atoms with Crippen molar-refractivity contribution in [2.75, 3.05) is 18.4 Å². The van der Waals surface area contributed by atoms with E-state index in [2.05, 4.69) is 41.0 Å². The molecule has 20 heavy (non-hydrogen) atoms. The van der Waals surface area contributed by atoms with Gasteiger partial charge >= 0.3 is 0 Å². The molecule has 5 rings (SSSR count). The van der Waals surface area contributed by atoms with Crippen LogP contribution in [0.4, 0.5) is 5.69 Å². The highest BCUT2D eigenvalue weighted by atomic mass is 15.0. The molecule has 0 spiro atoms. The van der Waals surface area contributed by atoms with E-state index in [4.69, 9.17) is 0 Å². The molecule has 4 fully saturated rings. The quantitative estimate of drug-likeness (QED) is 0.798. The number of benzene rings is 1. The maximum absolute atomic E-state index is 3.94. The van der Waals surface area contributed by atoms with Gasteiger partial charge in [-0.3, -0.25) is 0 Å². The Morgan fingerprint density at radius 1 is 0.850 bits per heavy atom. The molecule has 0 aliphatic heterocycles. The summed E-state index contributed by atoms with van der Waals surface area (Å²) in [5.74, 6) is 3.11. The van der Waals surface area contributed by atoms with Crippen LogP contribution in [0.1, 0.15) is 38.5 Å². The van der Waals surface area contributed by atoms with Gasteiger partial charge in [0, 0.05) is 24.3 Å². The number of para-hydroxylation sites is 1. The summed E-state index contributed by atoms with van der Waals surface area (Å²) in [5.41, 5.74) is 1.74. The summed E-state index contributed by atoms with van der Waals surface area (Å²) >= 11 is 0. The minimum atomic E-state index is 0.507. The van der Waals surface area contributed by atoms with Gasteiger partial charge in [-0.1, -0.05) is 18.2 Å². The minimum absolute atomic E-state index is 0.507. The van der Waals surface area contributed by atoms with Crippen molar-refractivity contribution in [2.24, 2.45) is 17.8 Å². The van der Waals surface area contributed by atoms with Gasteiger partial charge in [0.15, 0.2) is 0 Å². The molecule has 0 atom stereocenters. The van der Waals surface area contributed by atoms with E-state index in [1.54, 1.807) is 0 Å². The molecule has 2 N–H and O–H groups in total. The van der Waals surface area contributed by atoms with Crippen LogP contribution in [-0.2, 0) is 0 Å². The highest BCUT2D eigenvalue weighted by Crippen LogP contribution is 2.55. The molecule has 0 radical (unpaired) electrons. The Labute approximate surface area is 122 Å². The standard InChI is InChI=1S/C18H26N2/c1-2-4-17(5-3-1)19-6-7-20-18-11-14-8-15(12-18)10-16(9-14)13-18/h1-5,14-16,19-20H,6-13H2. The molecule has 1 aromatic rings. The van der Waals surface area contributed by atoms with E-state index in [0.717, 1.165) is 30.8 Å². The highest BCUT2D eigenvalue weighted by Gasteiger charge is 2.50. The van der Waals surface area contributed by atoms with E-state index in [0.29, 0.717) is 5.54 Å². The summed E-state index contributed by atoms with van der Waals surface area (Å²) in [6, 6.07) is 10.5. The van der Waals surface area contributed by atoms with Gasteiger partial charge in [0.05, 0.1) is 0 Å². The fourth-order valence-electron chi connectivity index (χ4n) is 5.42. The van der Waals surface area contributed by atoms with Gasteiger partial charge in [0.2, 0.25) is 0 Å². The second-order valence-electron chi connectivity index (χ2n) is 7.42. The van der Waals surface area contributed by atoms with Crippen molar-refractivity contribution in [2.45, 2.75) is 44.1 Å². The number of hydrogen-bond donors (Lipinski definition) is 2. The van der Waals surface area contributed by atoms with E-state index in [-0.39, 0.29) is 0 Å². The fourth-order valence-corrected chi connectivity index (χ4v) is 5.42. The van der Waals surface area contributed by atoms with Crippen molar-refractivity contribution in [3.8, 4) is 0 Å². The number of rotatable bonds is 5. The Morgan fingerprint density at radius 2 is 1.45 bits per heavy atom. The van der Waals surface area contributed by atoms with Crippen molar-refractivity contribution in [3.05, 3.63) is 30.3 Å². The monoisotopic (exact) mass is 270 g/mol. The SMILES string of the molecule is c1ccc(NCCNC23CC4CC(CC(C4)C2)C3)cc1. The summed E-state index contributed by atoms with van der Waals surface area (Å²) in [4.78, 5) is 0. The van der Waals surface area contributed by atoms with Crippen molar-refractivity contribution < 1.29 is 0 Å². The predicted octanol–water partition coefficient (Wildman–Crippen LogP) is 3.66. The third kappa shape index (κ3) is 2.46. The van der Waals surface area contributed by atoms with Crippen LogP contribution in [0, 0.1) is 17.8 Å². The number of hydrogen-bond acceptors (Lipinski definition) is 2. The first-order chi connectivity index (χ1) is 9.81. The van der Waals surface area contributed by atoms with Crippen LogP contribution in [-0.4, -0.2) is 18.6 Å². The third-order valence-corrected chi connectivity index (χ3v) is 5.77. The Kier molecular flexibility index (Phi) is 3.22. The smallest absolute Gasteiger partial charge is 0.0340 e. The fraction of sp³-hybridized carbons (Fsp3) is 0.667. The molecule has 0 saturated heterocycles. The summed E-state index contributed by atoms with van der Waals surface area (Å²) in [6.07, 6.45) is 8.94. The lowest BCUT2D eigenvalue weighted by Gasteiger charge is -2.57. The topological polar surface area (TPSA) is 24.1 Å². The van der Waals surface area contributed by atoms with Crippen LogP contribution in [0.15, 0.2) is 30.3 Å². The third-order valence-electron chi connectivity index (χ3n) is 5.77. The molecule has 4 aliphatic carbocycles. The largest absolute Gasteiger partial charge is 0.384 e. The van der Waals surface area contributed by atoms with Gasteiger partial charge in [-0.2, -0.15) is 0 Å². The predicted molar refractivity (Wildman–Crippen MR) is 83.8 cm³/mol. The average Bonchev–Trinajstić information content (AvgIpc) is 2.43. The molecule has 4 bridgehead atoms. The molecule has 4 aliphatic rings. The van der Waals surface area contributed by atoms with Crippen LogP contribution in [0.25, 0.3) is 0 Å². The lowest BCUT2D eigenvalue weighted by Crippen LogP contribution is -2.59. The molecule has 4 saturated carbocycles. The lowest BCUT2D eigenvalue weighted by molar-refractivity contribution is -0.0188. The number of nitrogens with one attached hydrogen (secondary N) is 2. The molecule has 0 amide bonds. The van der Waals surface area contributed by atoms with Crippen LogP contribution in [0.5, 0.6) is 0 Å². The minimum Gasteiger partial charge on any atom is -0.384 e. The molecule has 0 heterocycles. The van der Waals surface area contributed by atoms with Crippen LogP contribution < -0.4 is 10.6 Å². The highest BCUT2D eigenvalue weighted by molar-refractivity contribution is 5.42. The van der Waals surface area contributed by atoms with E-state index in [1.807, 2.05) is 0 Å². The van der Waals surface area contributed by atoms with Gasteiger partial charge in [-0.25, -0.2) is 0 Å². The Balaban J connectivity index is 1.29. The maximum Gasteiger partial charge on any atom is 0.0340 e. The van der Waals surface area contributed by atoms with Crippen LogP contribution in [0.3, 0.4) is 0 Å². The second kappa shape index (κ2) is 5.07. The zero-order valence-corrected chi connectivity index (χ0v) is 12.3. The first-order valence-electron chi connectivity index (χ1n) is 8.35. The zero-order chi connectivity index (χ0) is 13.4. The summed E-state index contributed by atoms with van der Waals surface area (Å²) < 4.78 is 0. The molecular formula is C18H26N2. The van der Waals surface area contributed by atoms with E-state index in [1.165, 1.54) is 44.2 Å². The summed E-state index contributed by atoms with van der Waals surface area (Å²) in [7, 11) is 0. The average molecular weight is 270 g/mol. The van der Waals surface area contributed by atoms with Crippen molar-refractivity contribution in [3.63, 3.8) is 0 Å². The molecule has 0 unspecified atom stereocenters. The first-order valence-corrected chi connectivity index (χ1v) is 8.35. The second-order valence-corrected chi connectivity index (χ2v) is 7.42. The number of anilines is 1.